The Balaban J connectivity index is 1.75. The minimum absolute atomic E-state index is 0.837. The molecule has 0 saturated heterocycles. The fraction of sp³-hybridized carbons (Fsp3) is 0. The first-order chi connectivity index (χ1) is 10.3. The Bertz CT molecular complexity index is 681. The smallest absolute Gasteiger partial charge is 0.166 e. The Morgan fingerprint density at radius 2 is 1.14 bits per heavy atom. The van der Waals surface area contributed by atoms with Crippen LogP contribution in [0.1, 0.15) is 0 Å². The predicted molar refractivity (Wildman–Crippen MR) is 90.6 cm³/mol. The molecule has 0 fully saturated rings. The van der Waals surface area contributed by atoms with Crippen LogP contribution in [0, 0.1) is 0 Å². The van der Waals surface area contributed by atoms with E-state index in [9.17, 15) is 4.55 Å². The molecule has 104 valence electrons. The Morgan fingerprint density at radius 1 is 0.619 bits per heavy atom. The molecule has 0 saturated carbocycles. The Kier molecular flexibility index (Phi) is 4.65. The molecule has 1 unspecified atom stereocenters. The Hall–Kier alpha value is -1.68. The van der Waals surface area contributed by atoms with Crippen molar-refractivity contribution in [2.24, 2.45) is 0 Å². The van der Waals surface area contributed by atoms with Crippen molar-refractivity contribution in [3.8, 4) is 11.1 Å². The maximum atomic E-state index is 12.3. The lowest BCUT2D eigenvalue weighted by Crippen LogP contribution is -1.95. The van der Waals surface area contributed by atoms with Crippen LogP contribution in [-0.4, -0.2) is 4.55 Å². The van der Waals surface area contributed by atoms with Gasteiger partial charge in [-0.1, -0.05) is 48.5 Å². The van der Waals surface area contributed by atoms with Crippen LogP contribution in [0.3, 0.4) is 0 Å². The Morgan fingerprint density at radius 3 is 1.76 bits per heavy atom. The largest absolute Gasteiger partial charge is 0.600 e. The molecule has 0 heterocycles. The van der Waals surface area contributed by atoms with Gasteiger partial charge in [0.2, 0.25) is 0 Å². The summed E-state index contributed by atoms with van der Waals surface area (Å²) < 4.78 is 12.3. The van der Waals surface area contributed by atoms with Gasteiger partial charge in [0.25, 0.3) is 0 Å². The van der Waals surface area contributed by atoms with Crippen molar-refractivity contribution in [1.29, 1.82) is 0 Å². The second-order valence-corrected chi connectivity index (χ2v) is 7.51. The van der Waals surface area contributed by atoms with E-state index in [1.165, 1.54) is 16.4 Å². The molecule has 3 rings (SSSR count). The van der Waals surface area contributed by atoms with E-state index in [0.717, 1.165) is 15.4 Å². The third kappa shape index (κ3) is 3.70. The zero-order chi connectivity index (χ0) is 14.5. The second-order valence-electron chi connectivity index (χ2n) is 4.52. The lowest BCUT2D eigenvalue weighted by Gasteiger charge is -2.08. The van der Waals surface area contributed by atoms with Crippen LogP contribution < -0.4 is 0 Å². The first kappa shape index (κ1) is 14.3. The van der Waals surface area contributed by atoms with Gasteiger partial charge < -0.3 is 4.55 Å². The van der Waals surface area contributed by atoms with Crippen LogP contribution in [0.4, 0.5) is 0 Å². The number of rotatable bonds is 4. The first-order valence-corrected chi connectivity index (χ1v) is 9.12. The molecule has 0 bridgehead atoms. The third-order valence-electron chi connectivity index (χ3n) is 3.07. The van der Waals surface area contributed by atoms with Gasteiger partial charge in [0.05, 0.1) is 15.1 Å². The van der Waals surface area contributed by atoms with Crippen molar-refractivity contribution < 1.29 is 4.55 Å². The molecule has 0 amide bonds. The van der Waals surface area contributed by atoms with Crippen molar-refractivity contribution in [2.45, 2.75) is 9.79 Å². The molecule has 0 N–H and O–H groups in total. The quantitative estimate of drug-likeness (QED) is 0.490. The van der Waals surface area contributed by atoms with Crippen molar-refractivity contribution in [1.82, 2.24) is 0 Å². The number of hydrogen-bond acceptors (Lipinski definition) is 2. The van der Waals surface area contributed by atoms with E-state index < -0.39 is 10.2 Å². The maximum absolute atomic E-state index is 12.3. The summed E-state index contributed by atoms with van der Waals surface area (Å²) in [7, 11) is 0.288. The summed E-state index contributed by atoms with van der Waals surface area (Å²) in [4.78, 5) is 1.85. The normalized spacial score (nSPS) is 12.0. The monoisotopic (exact) mass is 310 g/mol. The molecule has 1 atom stereocenters. The van der Waals surface area contributed by atoms with Gasteiger partial charge in [-0.05, 0) is 47.5 Å². The fourth-order valence-corrected chi connectivity index (χ4v) is 4.38. The van der Waals surface area contributed by atoms with E-state index in [-0.39, 0.29) is 0 Å². The minimum Gasteiger partial charge on any atom is -0.600 e. The SMILES string of the molecule is [O-][S+](Sc1ccccc1)c1ccc(-c2ccccc2)cc1. The molecule has 0 radical (unpaired) electrons. The molecule has 3 heteroatoms. The maximum Gasteiger partial charge on any atom is 0.166 e. The molecule has 0 aliphatic heterocycles. The third-order valence-corrected chi connectivity index (χ3v) is 5.95. The zero-order valence-electron chi connectivity index (χ0n) is 11.3. The summed E-state index contributed by atoms with van der Waals surface area (Å²) in [5.41, 5.74) is 2.31. The lowest BCUT2D eigenvalue weighted by molar-refractivity contribution is 0.609. The minimum atomic E-state index is -1.08. The zero-order valence-corrected chi connectivity index (χ0v) is 12.9. The van der Waals surface area contributed by atoms with Gasteiger partial charge in [0, 0.05) is 0 Å². The van der Waals surface area contributed by atoms with E-state index in [4.69, 9.17) is 0 Å². The van der Waals surface area contributed by atoms with Crippen molar-refractivity contribution in [3.05, 3.63) is 84.9 Å². The molecule has 0 aliphatic carbocycles. The molecule has 21 heavy (non-hydrogen) atoms. The van der Waals surface area contributed by atoms with Gasteiger partial charge in [-0.15, -0.1) is 0 Å². The summed E-state index contributed by atoms with van der Waals surface area (Å²) in [6.07, 6.45) is 0. The number of benzene rings is 3. The van der Waals surface area contributed by atoms with Crippen molar-refractivity contribution in [3.63, 3.8) is 0 Å². The standard InChI is InChI=1S/C18H14OS2/c19-21(20-17-9-5-2-6-10-17)18-13-11-16(12-14-18)15-7-3-1-4-8-15/h1-14H. The summed E-state index contributed by atoms with van der Waals surface area (Å²) in [6.45, 7) is 0. The summed E-state index contributed by atoms with van der Waals surface area (Å²) in [5, 5.41) is 0. The average molecular weight is 310 g/mol. The molecule has 1 nitrogen and oxygen atoms in total. The second kappa shape index (κ2) is 6.85. The number of hydrogen-bond donors (Lipinski definition) is 0. The molecule has 0 spiro atoms. The van der Waals surface area contributed by atoms with Gasteiger partial charge in [0.1, 0.15) is 10.8 Å². The van der Waals surface area contributed by atoms with Gasteiger partial charge >= 0.3 is 0 Å². The highest BCUT2D eigenvalue weighted by atomic mass is 33.1. The highest BCUT2D eigenvalue weighted by Crippen LogP contribution is 2.31. The van der Waals surface area contributed by atoms with Gasteiger partial charge in [-0.3, -0.25) is 0 Å². The van der Waals surface area contributed by atoms with Crippen molar-refractivity contribution >= 4 is 21.0 Å². The Labute approximate surface area is 131 Å². The van der Waals surface area contributed by atoms with Crippen LogP contribution in [-0.2, 0) is 10.2 Å². The topological polar surface area (TPSA) is 23.1 Å². The van der Waals surface area contributed by atoms with E-state index in [0.29, 0.717) is 0 Å². The van der Waals surface area contributed by atoms with Gasteiger partial charge in [-0.25, -0.2) is 0 Å². The molecule has 0 aromatic heterocycles. The lowest BCUT2D eigenvalue weighted by atomic mass is 10.1. The predicted octanol–water partition coefficient (Wildman–Crippen LogP) is 5.17. The van der Waals surface area contributed by atoms with Gasteiger partial charge in [-0.2, -0.15) is 0 Å². The molecular formula is C18H14OS2. The van der Waals surface area contributed by atoms with E-state index in [2.05, 4.69) is 12.1 Å². The molecule has 0 aliphatic rings. The summed E-state index contributed by atoms with van der Waals surface area (Å²) in [5.74, 6) is 0. The van der Waals surface area contributed by atoms with Crippen LogP contribution in [0.2, 0.25) is 0 Å². The fourth-order valence-electron chi connectivity index (χ4n) is 2.00. The van der Waals surface area contributed by atoms with Crippen LogP contribution in [0.25, 0.3) is 11.1 Å². The average Bonchev–Trinajstić information content (AvgIpc) is 2.57. The highest BCUT2D eigenvalue weighted by molar-refractivity contribution is 8.72. The van der Waals surface area contributed by atoms with Crippen LogP contribution >= 0.6 is 10.8 Å². The summed E-state index contributed by atoms with van der Waals surface area (Å²) >= 11 is 0. The first-order valence-electron chi connectivity index (χ1n) is 6.63. The van der Waals surface area contributed by atoms with E-state index in [1.54, 1.807) is 0 Å². The van der Waals surface area contributed by atoms with E-state index >= 15 is 0 Å². The van der Waals surface area contributed by atoms with Crippen molar-refractivity contribution in [2.75, 3.05) is 0 Å². The summed E-state index contributed by atoms with van der Waals surface area (Å²) in [6, 6.07) is 27.9. The van der Waals surface area contributed by atoms with Crippen LogP contribution in [0.5, 0.6) is 0 Å². The molecule has 3 aromatic carbocycles. The molecule has 3 aromatic rings. The van der Waals surface area contributed by atoms with Gasteiger partial charge in [0.15, 0.2) is 4.90 Å². The van der Waals surface area contributed by atoms with Crippen LogP contribution in [0.15, 0.2) is 94.7 Å². The molecular weight excluding hydrogens is 296 g/mol. The van der Waals surface area contributed by atoms with E-state index in [1.807, 2.05) is 72.8 Å². The highest BCUT2D eigenvalue weighted by Gasteiger charge is 2.14.